The molecular weight excluding hydrogens is 530 g/mol. The van der Waals surface area contributed by atoms with Crippen molar-refractivity contribution in [2.24, 2.45) is 5.73 Å². The van der Waals surface area contributed by atoms with Gasteiger partial charge in [-0.2, -0.15) is 0 Å². The monoisotopic (exact) mass is 569 g/mol. The van der Waals surface area contributed by atoms with Crippen LogP contribution in [0, 0.1) is 0 Å². The average Bonchev–Trinajstić information content (AvgIpc) is 3.62. The van der Waals surface area contributed by atoms with Gasteiger partial charge < -0.3 is 19.6 Å². The van der Waals surface area contributed by atoms with Crippen LogP contribution in [0.3, 0.4) is 0 Å². The smallest absolute Gasteiger partial charge is 0.141 e. The molecule has 6 aromatic rings. The van der Waals surface area contributed by atoms with Crippen LogP contribution in [-0.4, -0.2) is 31.2 Å². The Labute approximate surface area is 253 Å². The van der Waals surface area contributed by atoms with Crippen LogP contribution >= 0.6 is 0 Å². The van der Waals surface area contributed by atoms with Gasteiger partial charge in [-0.15, -0.1) is 0 Å². The summed E-state index contributed by atoms with van der Waals surface area (Å²) in [7, 11) is 0. The minimum absolute atomic E-state index is 0.160. The average molecular weight is 570 g/mol. The maximum Gasteiger partial charge on any atom is 0.141 e. The van der Waals surface area contributed by atoms with Gasteiger partial charge in [0, 0.05) is 29.8 Å². The number of nitrogens with zero attached hydrogens (tertiary/aromatic N) is 4. The van der Waals surface area contributed by atoms with Crippen molar-refractivity contribution in [3.05, 3.63) is 115 Å². The van der Waals surface area contributed by atoms with E-state index in [0.29, 0.717) is 13.2 Å². The number of allylic oxidation sites excluding steroid dienone is 2. The molecule has 0 bridgehead atoms. The molecule has 2 N–H and O–H groups in total. The second kappa shape index (κ2) is 12.7. The van der Waals surface area contributed by atoms with Crippen molar-refractivity contribution in [3.63, 3.8) is 0 Å². The largest absolute Gasteiger partial charge is 0.494 e. The Morgan fingerprint density at radius 1 is 0.651 bits per heavy atom. The fraction of sp³-hybridized carbons (Fsp3) is 0.243. The molecule has 6 rings (SSSR count). The molecule has 0 unspecified atom stereocenters. The van der Waals surface area contributed by atoms with Gasteiger partial charge in [0.25, 0.3) is 0 Å². The van der Waals surface area contributed by atoms with Gasteiger partial charge in [0.15, 0.2) is 0 Å². The zero-order chi connectivity index (χ0) is 29.6. The zero-order valence-corrected chi connectivity index (χ0v) is 25.0. The molecule has 0 saturated carbocycles. The van der Waals surface area contributed by atoms with Crippen LogP contribution in [0.25, 0.3) is 44.8 Å². The third-order valence-corrected chi connectivity index (χ3v) is 8.47. The molecule has 0 spiro atoms. The lowest BCUT2D eigenvalue weighted by atomic mass is 9.91. The lowest BCUT2D eigenvalue weighted by Crippen LogP contribution is -2.39. The Balaban J connectivity index is 1.22. The van der Waals surface area contributed by atoms with Crippen molar-refractivity contribution < 1.29 is 4.74 Å². The van der Waals surface area contributed by atoms with E-state index < -0.39 is 0 Å². The predicted octanol–water partition coefficient (Wildman–Crippen LogP) is 8.26. The Bertz CT molecular complexity index is 1830. The van der Waals surface area contributed by atoms with E-state index in [4.69, 9.17) is 20.4 Å². The molecule has 2 aromatic heterocycles. The van der Waals surface area contributed by atoms with Gasteiger partial charge in [-0.25, -0.2) is 9.97 Å². The molecular formula is C37H39N5O. The summed E-state index contributed by atoms with van der Waals surface area (Å²) in [6.07, 6.45) is 7.18. The van der Waals surface area contributed by atoms with Gasteiger partial charge in [0.05, 0.1) is 28.7 Å². The molecule has 0 saturated heterocycles. The number of imidazole rings is 2. The molecule has 6 heteroatoms. The van der Waals surface area contributed by atoms with Crippen LogP contribution in [0.5, 0.6) is 5.75 Å². The molecule has 2 heterocycles. The second-order valence-electron chi connectivity index (χ2n) is 11.1. The molecule has 218 valence electrons. The maximum absolute atomic E-state index is 6.45. The zero-order valence-electron chi connectivity index (χ0n) is 25.0. The molecule has 0 aliphatic heterocycles. The summed E-state index contributed by atoms with van der Waals surface area (Å²) in [5, 5.41) is 0. The SMILES string of the molecule is CCC(N)(CC)CCOc1ccc(-c2nc3ccccc3n2CC=CCn2c(-c3ccccc3)nc3ccccc32)cc1. The van der Waals surface area contributed by atoms with E-state index >= 15 is 0 Å². The summed E-state index contributed by atoms with van der Waals surface area (Å²) >= 11 is 0. The lowest BCUT2D eigenvalue weighted by Gasteiger charge is -2.26. The highest BCUT2D eigenvalue weighted by Crippen LogP contribution is 2.28. The van der Waals surface area contributed by atoms with Crippen molar-refractivity contribution in [1.29, 1.82) is 0 Å². The molecule has 0 amide bonds. The van der Waals surface area contributed by atoms with Gasteiger partial charge in [0.1, 0.15) is 17.4 Å². The molecule has 6 nitrogen and oxygen atoms in total. The predicted molar refractivity (Wildman–Crippen MR) is 177 cm³/mol. The van der Waals surface area contributed by atoms with Crippen molar-refractivity contribution >= 4 is 22.1 Å². The van der Waals surface area contributed by atoms with Crippen molar-refractivity contribution in [3.8, 4) is 28.5 Å². The summed E-state index contributed by atoms with van der Waals surface area (Å²) in [5.41, 5.74) is 12.7. The molecule has 0 radical (unpaired) electrons. The number of aromatic nitrogens is 4. The fourth-order valence-electron chi connectivity index (χ4n) is 5.58. The van der Waals surface area contributed by atoms with Gasteiger partial charge in [-0.1, -0.05) is 80.6 Å². The number of hydrogen-bond acceptors (Lipinski definition) is 4. The number of para-hydroxylation sites is 4. The van der Waals surface area contributed by atoms with Crippen LogP contribution in [0.4, 0.5) is 0 Å². The normalized spacial score (nSPS) is 12.1. The van der Waals surface area contributed by atoms with Gasteiger partial charge in [-0.05, 0) is 67.8 Å². The molecule has 0 fully saturated rings. The van der Waals surface area contributed by atoms with E-state index in [1.165, 1.54) is 0 Å². The number of ether oxygens (including phenoxy) is 1. The number of rotatable bonds is 12. The Hall–Kier alpha value is -4.68. The first-order chi connectivity index (χ1) is 21.1. The first kappa shape index (κ1) is 28.4. The highest BCUT2D eigenvalue weighted by molar-refractivity contribution is 5.81. The summed E-state index contributed by atoms with van der Waals surface area (Å²) in [4.78, 5) is 9.96. The van der Waals surface area contributed by atoms with Gasteiger partial charge >= 0.3 is 0 Å². The first-order valence-corrected chi connectivity index (χ1v) is 15.2. The quantitative estimate of drug-likeness (QED) is 0.151. The number of hydrogen-bond donors (Lipinski definition) is 1. The van der Waals surface area contributed by atoms with E-state index in [2.05, 4.69) is 108 Å². The summed E-state index contributed by atoms with van der Waals surface area (Å²) < 4.78 is 10.6. The van der Waals surface area contributed by atoms with Crippen molar-refractivity contribution in [2.75, 3.05) is 6.61 Å². The van der Waals surface area contributed by atoms with E-state index in [9.17, 15) is 0 Å². The fourth-order valence-corrected chi connectivity index (χ4v) is 5.58. The maximum atomic E-state index is 6.45. The Kier molecular flexibility index (Phi) is 8.38. The van der Waals surface area contributed by atoms with Crippen LogP contribution in [0.2, 0.25) is 0 Å². The molecule has 0 aliphatic rings. The first-order valence-electron chi connectivity index (χ1n) is 15.2. The molecule has 43 heavy (non-hydrogen) atoms. The van der Waals surface area contributed by atoms with Gasteiger partial charge in [-0.3, -0.25) is 0 Å². The van der Waals surface area contributed by atoms with Crippen molar-refractivity contribution in [1.82, 2.24) is 19.1 Å². The minimum Gasteiger partial charge on any atom is -0.494 e. The Morgan fingerprint density at radius 3 is 1.67 bits per heavy atom. The van der Waals surface area contributed by atoms with E-state index in [1.54, 1.807) is 0 Å². The Morgan fingerprint density at radius 2 is 1.14 bits per heavy atom. The summed E-state index contributed by atoms with van der Waals surface area (Å²) in [6.45, 7) is 6.31. The third kappa shape index (κ3) is 6.11. The molecule has 4 aromatic carbocycles. The molecule has 0 atom stereocenters. The van der Waals surface area contributed by atoms with Crippen LogP contribution in [0.15, 0.2) is 115 Å². The highest BCUT2D eigenvalue weighted by Gasteiger charge is 2.20. The van der Waals surface area contributed by atoms with Crippen LogP contribution in [0.1, 0.15) is 33.1 Å². The number of benzene rings is 4. The van der Waals surface area contributed by atoms with Crippen molar-refractivity contribution in [2.45, 2.75) is 51.7 Å². The minimum atomic E-state index is -0.160. The highest BCUT2D eigenvalue weighted by atomic mass is 16.5. The van der Waals surface area contributed by atoms with Crippen LogP contribution in [-0.2, 0) is 13.1 Å². The van der Waals surface area contributed by atoms with Gasteiger partial charge in [0.2, 0.25) is 0 Å². The second-order valence-corrected chi connectivity index (χ2v) is 11.1. The lowest BCUT2D eigenvalue weighted by molar-refractivity contribution is 0.247. The third-order valence-electron chi connectivity index (χ3n) is 8.47. The summed E-state index contributed by atoms with van der Waals surface area (Å²) in [6, 6.07) is 35.3. The summed E-state index contributed by atoms with van der Waals surface area (Å²) in [5.74, 6) is 2.76. The van der Waals surface area contributed by atoms with E-state index in [1.807, 2.05) is 30.3 Å². The topological polar surface area (TPSA) is 70.9 Å². The van der Waals surface area contributed by atoms with E-state index in [0.717, 1.165) is 76.4 Å². The standard InChI is InChI=1S/C37H39N5O/c1-3-37(38,4-2)24-27-43-30-22-20-29(21-23-30)36-40-32-17-9-11-19-34(32)42(36)26-13-12-25-41-33-18-10-8-16-31(33)39-35(41)28-14-6-5-7-15-28/h5-23H,3-4,24-27,38H2,1-2H3. The number of nitrogens with two attached hydrogens (primary N) is 1. The van der Waals surface area contributed by atoms with E-state index in [-0.39, 0.29) is 5.54 Å². The molecule has 0 aliphatic carbocycles. The van der Waals surface area contributed by atoms with Crippen LogP contribution < -0.4 is 10.5 Å². The number of fused-ring (bicyclic) bond motifs is 2.